The summed E-state index contributed by atoms with van der Waals surface area (Å²) in [4.78, 5) is 12.7. The molecule has 2 aliphatic rings. The van der Waals surface area contributed by atoms with Crippen LogP contribution >= 0.6 is 11.6 Å². The maximum Gasteiger partial charge on any atom is 0.167 e. The van der Waals surface area contributed by atoms with Crippen molar-refractivity contribution in [2.24, 2.45) is 16.7 Å². The van der Waals surface area contributed by atoms with Crippen LogP contribution in [-0.4, -0.2) is 5.78 Å². The van der Waals surface area contributed by atoms with E-state index in [0.29, 0.717) is 16.7 Å². The maximum absolute atomic E-state index is 12.7. The minimum atomic E-state index is -0.189. The van der Waals surface area contributed by atoms with Crippen molar-refractivity contribution in [2.75, 3.05) is 5.32 Å². The summed E-state index contributed by atoms with van der Waals surface area (Å²) in [7, 11) is 0. The summed E-state index contributed by atoms with van der Waals surface area (Å²) in [5, 5.41) is 3.96. The van der Waals surface area contributed by atoms with Gasteiger partial charge in [0.05, 0.1) is 0 Å². The highest BCUT2D eigenvalue weighted by Crippen LogP contribution is 2.65. The van der Waals surface area contributed by atoms with E-state index in [1.165, 1.54) is 0 Å². The molecule has 2 atom stereocenters. The van der Waals surface area contributed by atoms with Crippen LogP contribution in [0.2, 0.25) is 5.02 Å². The Morgan fingerprint density at radius 1 is 1.25 bits per heavy atom. The molecule has 0 aliphatic heterocycles. The van der Waals surface area contributed by atoms with E-state index in [1.54, 1.807) is 0 Å². The molecule has 2 fully saturated rings. The lowest BCUT2D eigenvalue weighted by atomic mass is 9.70. The molecular weight excluding hydrogens is 270 g/mol. The quantitative estimate of drug-likeness (QED) is 0.802. The van der Waals surface area contributed by atoms with Crippen molar-refractivity contribution in [3.63, 3.8) is 0 Å². The number of rotatable bonds is 2. The fourth-order valence-corrected chi connectivity index (χ4v) is 3.93. The second-order valence-electron chi connectivity index (χ2n) is 6.73. The van der Waals surface area contributed by atoms with Crippen LogP contribution < -0.4 is 5.32 Å². The van der Waals surface area contributed by atoms with Crippen LogP contribution in [0, 0.1) is 16.7 Å². The van der Waals surface area contributed by atoms with E-state index in [4.69, 9.17) is 11.6 Å². The smallest absolute Gasteiger partial charge is 0.167 e. The van der Waals surface area contributed by atoms with Gasteiger partial charge in [0.15, 0.2) is 5.78 Å². The number of Topliss-reactive ketones (excluding diaryl/α,β-unsaturated/α-hetero) is 1. The Balaban J connectivity index is 1.87. The predicted octanol–water partition coefficient (Wildman–Crippen LogP) is 4.66. The molecule has 1 aromatic rings. The first kappa shape index (κ1) is 13.7. The molecule has 2 aliphatic carbocycles. The van der Waals surface area contributed by atoms with Crippen molar-refractivity contribution in [3.8, 4) is 0 Å². The number of hydrogen-bond acceptors (Lipinski definition) is 2. The lowest BCUT2D eigenvalue weighted by molar-refractivity contribution is -0.125. The predicted molar refractivity (Wildman–Crippen MR) is 82.8 cm³/mol. The molecule has 20 heavy (non-hydrogen) atoms. The summed E-state index contributed by atoms with van der Waals surface area (Å²) in [5.74, 6) is 0.694. The summed E-state index contributed by atoms with van der Waals surface area (Å²) in [6.45, 7) is 6.58. The average molecular weight is 290 g/mol. The van der Waals surface area contributed by atoms with Crippen LogP contribution in [0.15, 0.2) is 36.0 Å². The van der Waals surface area contributed by atoms with E-state index in [9.17, 15) is 4.79 Å². The Morgan fingerprint density at radius 3 is 2.45 bits per heavy atom. The monoisotopic (exact) mass is 289 g/mol. The second-order valence-corrected chi connectivity index (χ2v) is 7.16. The van der Waals surface area contributed by atoms with E-state index < -0.39 is 0 Å². The van der Waals surface area contributed by atoms with Gasteiger partial charge in [0.2, 0.25) is 0 Å². The molecule has 2 bridgehead atoms. The van der Waals surface area contributed by atoms with Crippen LogP contribution in [0.1, 0.15) is 33.6 Å². The topological polar surface area (TPSA) is 29.1 Å². The number of anilines is 1. The number of allylic oxidation sites excluding steroid dienone is 1. The molecule has 1 N–H and O–H groups in total. The Labute approximate surface area is 125 Å². The van der Waals surface area contributed by atoms with E-state index in [-0.39, 0.29) is 10.8 Å². The standard InChI is InChI=1S/C17H20ClNO/c1-16(2)14-8-9-17(16,3)15(20)13(14)10-19-12-6-4-11(18)5-7-12/h4-7,10,14,19H,8-9H2,1-3H3/t14-,17-/m1/s1. The molecule has 0 aromatic heterocycles. The van der Waals surface area contributed by atoms with Crippen molar-refractivity contribution in [2.45, 2.75) is 33.6 Å². The molecule has 2 saturated carbocycles. The number of carbonyl (C=O) groups excluding carboxylic acids is 1. The highest BCUT2D eigenvalue weighted by Gasteiger charge is 2.63. The maximum atomic E-state index is 12.7. The number of ketones is 1. The number of fused-ring (bicyclic) bond motifs is 2. The summed E-state index contributed by atoms with van der Waals surface area (Å²) in [6.07, 6.45) is 4.04. The minimum absolute atomic E-state index is 0.0671. The van der Waals surface area contributed by atoms with Gasteiger partial charge in [-0.05, 0) is 48.4 Å². The first-order chi connectivity index (χ1) is 9.36. The van der Waals surface area contributed by atoms with Crippen molar-refractivity contribution in [3.05, 3.63) is 41.1 Å². The zero-order valence-electron chi connectivity index (χ0n) is 12.2. The molecule has 0 unspecified atom stereocenters. The van der Waals surface area contributed by atoms with Gasteiger partial charge in [0, 0.05) is 27.9 Å². The molecule has 0 radical (unpaired) electrons. The molecule has 0 saturated heterocycles. The summed E-state index contributed by atoms with van der Waals surface area (Å²) in [6, 6.07) is 7.53. The van der Waals surface area contributed by atoms with E-state index in [2.05, 4.69) is 26.1 Å². The minimum Gasteiger partial charge on any atom is -0.361 e. The highest BCUT2D eigenvalue weighted by atomic mass is 35.5. The fraction of sp³-hybridized carbons (Fsp3) is 0.471. The Kier molecular flexibility index (Phi) is 2.98. The average Bonchev–Trinajstić information content (AvgIpc) is 2.71. The van der Waals surface area contributed by atoms with E-state index in [1.807, 2.05) is 30.5 Å². The van der Waals surface area contributed by atoms with Gasteiger partial charge in [-0.15, -0.1) is 0 Å². The van der Waals surface area contributed by atoms with E-state index >= 15 is 0 Å². The molecular formula is C17H20ClNO. The summed E-state index contributed by atoms with van der Waals surface area (Å²) in [5.41, 5.74) is 1.79. The number of nitrogens with one attached hydrogen (secondary N) is 1. The van der Waals surface area contributed by atoms with Crippen molar-refractivity contribution in [1.29, 1.82) is 0 Å². The number of carbonyl (C=O) groups is 1. The van der Waals surface area contributed by atoms with Crippen LogP contribution in [0.4, 0.5) is 5.69 Å². The van der Waals surface area contributed by atoms with Crippen LogP contribution in [0.25, 0.3) is 0 Å². The van der Waals surface area contributed by atoms with Gasteiger partial charge in [-0.3, -0.25) is 4.79 Å². The molecule has 106 valence electrons. The molecule has 0 heterocycles. The lowest BCUT2D eigenvalue weighted by Gasteiger charge is -2.31. The zero-order chi connectivity index (χ0) is 14.5. The second kappa shape index (κ2) is 4.36. The molecule has 1 aromatic carbocycles. The Morgan fingerprint density at radius 2 is 1.90 bits per heavy atom. The lowest BCUT2D eigenvalue weighted by Crippen LogP contribution is -2.32. The third kappa shape index (κ3) is 1.74. The van der Waals surface area contributed by atoms with Gasteiger partial charge in [0.25, 0.3) is 0 Å². The van der Waals surface area contributed by atoms with Gasteiger partial charge in [-0.25, -0.2) is 0 Å². The van der Waals surface area contributed by atoms with Crippen molar-refractivity contribution in [1.82, 2.24) is 0 Å². The van der Waals surface area contributed by atoms with Gasteiger partial charge in [-0.1, -0.05) is 32.4 Å². The number of halogens is 1. The van der Waals surface area contributed by atoms with Crippen LogP contribution in [0.3, 0.4) is 0 Å². The van der Waals surface area contributed by atoms with Crippen molar-refractivity contribution < 1.29 is 4.79 Å². The SMILES string of the molecule is CC1(C)[C@@H]2CC[C@]1(C)C(=O)C2=CNc1ccc(Cl)cc1. The largest absolute Gasteiger partial charge is 0.361 e. The summed E-state index contributed by atoms with van der Waals surface area (Å²) >= 11 is 5.87. The third-order valence-electron chi connectivity index (χ3n) is 5.60. The van der Waals surface area contributed by atoms with Gasteiger partial charge in [-0.2, -0.15) is 0 Å². The van der Waals surface area contributed by atoms with Crippen molar-refractivity contribution >= 4 is 23.1 Å². The molecule has 0 spiro atoms. The molecule has 2 nitrogen and oxygen atoms in total. The summed E-state index contributed by atoms with van der Waals surface area (Å²) < 4.78 is 0. The van der Waals surface area contributed by atoms with E-state index in [0.717, 1.165) is 24.1 Å². The van der Waals surface area contributed by atoms with Crippen LogP contribution in [-0.2, 0) is 4.79 Å². The Hall–Kier alpha value is -1.28. The van der Waals surface area contributed by atoms with Gasteiger partial charge in [0.1, 0.15) is 0 Å². The van der Waals surface area contributed by atoms with Gasteiger partial charge >= 0.3 is 0 Å². The first-order valence-electron chi connectivity index (χ1n) is 7.13. The number of hydrogen-bond donors (Lipinski definition) is 1. The molecule has 3 rings (SSSR count). The molecule has 3 heteroatoms. The first-order valence-corrected chi connectivity index (χ1v) is 7.51. The fourth-order valence-electron chi connectivity index (χ4n) is 3.80. The normalized spacial score (nSPS) is 32.9. The molecule has 0 amide bonds. The Bertz CT molecular complexity index is 588. The van der Waals surface area contributed by atoms with Gasteiger partial charge < -0.3 is 5.32 Å². The number of benzene rings is 1. The third-order valence-corrected chi connectivity index (χ3v) is 5.86. The van der Waals surface area contributed by atoms with Crippen LogP contribution in [0.5, 0.6) is 0 Å². The zero-order valence-corrected chi connectivity index (χ0v) is 12.9. The highest BCUT2D eigenvalue weighted by molar-refractivity contribution is 6.30.